The van der Waals surface area contributed by atoms with E-state index in [1.807, 2.05) is 18.2 Å². The Labute approximate surface area is 109 Å². The normalized spacial score (nSPS) is 10.8. The number of halogens is 1. The van der Waals surface area contributed by atoms with E-state index in [2.05, 4.69) is 40.1 Å². The molecule has 1 N–H and O–H groups in total. The number of hydrogen-bond acceptors (Lipinski definition) is 3. The molecule has 0 atom stereocenters. The number of hydrogen-bond donors (Lipinski definition) is 1. The summed E-state index contributed by atoms with van der Waals surface area (Å²) in [7, 11) is 0. The van der Waals surface area contributed by atoms with E-state index in [1.165, 1.54) is 5.56 Å². The summed E-state index contributed by atoms with van der Waals surface area (Å²) >= 11 is 3.52. The molecule has 0 unspecified atom stereocenters. The van der Waals surface area contributed by atoms with Gasteiger partial charge in [-0.15, -0.1) is 0 Å². The molecular formula is C13H15BrN2O. The van der Waals surface area contributed by atoms with Crippen molar-refractivity contribution in [3.63, 3.8) is 0 Å². The molecule has 1 aromatic heterocycles. The van der Waals surface area contributed by atoms with E-state index in [-0.39, 0.29) is 0 Å². The summed E-state index contributed by atoms with van der Waals surface area (Å²) in [5, 5.41) is 3.19. The van der Waals surface area contributed by atoms with E-state index < -0.39 is 0 Å². The second-order valence-electron chi connectivity index (χ2n) is 3.81. The van der Waals surface area contributed by atoms with Crippen molar-refractivity contribution in [1.82, 2.24) is 10.3 Å². The average Bonchev–Trinajstić information content (AvgIpc) is 2.78. The Morgan fingerprint density at radius 2 is 2.24 bits per heavy atom. The van der Waals surface area contributed by atoms with Crippen molar-refractivity contribution < 1.29 is 4.42 Å². The maximum absolute atomic E-state index is 5.71. The fourth-order valence-corrected chi connectivity index (χ4v) is 1.99. The van der Waals surface area contributed by atoms with Crippen LogP contribution in [0.25, 0.3) is 11.3 Å². The molecule has 3 nitrogen and oxygen atoms in total. The van der Waals surface area contributed by atoms with E-state index in [1.54, 1.807) is 6.20 Å². The van der Waals surface area contributed by atoms with Gasteiger partial charge in [0.2, 0.25) is 5.89 Å². The van der Waals surface area contributed by atoms with Gasteiger partial charge in [-0.25, -0.2) is 4.98 Å². The molecule has 0 spiro atoms. The van der Waals surface area contributed by atoms with Gasteiger partial charge >= 0.3 is 0 Å². The van der Waals surface area contributed by atoms with Crippen LogP contribution in [-0.2, 0) is 6.54 Å². The zero-order chi connectivity index (χ0) is 12.3. The van der Waals surface area contributed by atoms with Crippen LogP contribution in [0.4, 0.5) is 0 Å². The first-order chi connectivity index (χ1) is 8.22. The van der Waals surface area contributed by atoms with Crippen molar-refractivity contribution in [1.29, 1.82) is 0 Å². The van der Waals surface area contributed by atoms with Crippen LogP contribution in [0.15, 0.2) is 33.3 Å². The Balaban J connectivity index is 2.27. The molecule has 0 fully saturated rings. The Hall–Kier alpha value is -1.13. The molecule has 1 aromatic carbocycles. The van der Waals surface area contributed by atoms with Crippen LogP contribution in [0.5, 0.6) is 0 Å². The summed E-state index contributed by atoms with van der Waals surface area (Å²) in [4.78, 5) is 4.26. The van der Waals surface area contributed by atoms with E-state index in [0.717, 1.165) is 28.2 Å². The van der Waals surface area contributed by atoms with Crippen LogP contribution in [0.2, 0.25) is 0 Å². The Morgan fingerprint density at radius 1 is 1.41 bits per heavy atom. The van der Waals surface area contributed by atoms with Crippen LogP contribution >= 0.6 is 15.9 Å². The topological polar surface area (TPSA) is 38.1 Å². The Kier molecular flexibility index (Phi) is 3.97. The van der Waals surface area contributed by atoms with Crippen LogP contribution in [0.3, 0.4) is 0 Å². The lowest BCUT2D eigenvalue weighted by Gasteiger charge is -2.03. The second kappa shape index (κ2) is 5.47. The van der Waals surface area contributed by atoms with Crippen LogP contribution in [0.1, 0.15) is 18.4 Å². The molecule has 90 valence electrons. The van der Waals surface area contributed by atoms with Crippen molar-refractivity contribution in [2.24, 2.45) is 0 Å². The number of oxazole rings is 1. The minimum atomic E-state index is 0.670. The van der Waals surface area contributed by atoms with Gasteiger partial charge < -0.3 is 9.73 Å². The van der Waals surface area contributed by atoms with Crippen molar-refractivity contribution >= 4 is 15.9 Å². The maximum Gasteiger partial charge on any atom is 0.208 e. The molecule has 4 heteroatoms. The minimum absolute atomic E-state index is 0.670. The summed E-state index contributed by atoms with van der Waals surface area (Å²) in [5.41, 5.74) is 2.24. The summed E-state index contributed by atoms with van der Waals surface area (Å²) in [5.74, 6) is 1.54. The van der Waals surface area contributed by atoms with E-state index in [9.17, 15) is 0 Å². The summed E-state index contributed by atoms with van der Waals surface area (Å²) in [6.07, 6.45) is 1.78. The van der Waals surface area contributed by atoms with Crippen molar-refractivity contribution in [2.45, 2.75) is 20.4 Å². The third-order valence-electron chi connectivity index (χ3n) is 2.61. The van der Waals surface area contributed by atoms with Crippen LogP contribution in [0, 0.1) is 6.92 Å². The molecule has 0 saturated carbocycles. The highest BCUT2D eigenvalue weighted by Gasteiger charge is 2.09. The lowest BCUT2D eigenvalue weighted by atomic mass is 10.1. The van der Waals surface area contributed by atoms with Crippen LogP contribution < -0.4 is 5.32 Å². The lowest BCUT2D eigenvalue weighted by Crippen LogP contribution is -2.11. The first kappa shape index (κ1) is 12.3. The molecule has 0 aliphatic carbocycles. The third kappa shape index (κ3) is 2.76. The molecule has 0 aliphatic heterocycles. The molecule has 1 heterocycles. The molecule has 0 saturated heterocycles. The fourth-order valence-electron chi connectivity index (χ4n) is 1.62. The number of rotatable bonds is 4. The van der Waals surface area contributed by atoms with Gasteiger partial charge in [-0.05, 0) is 25.1 Å². The molecule has 2 aromatic rings. The van der Waals surface area contributed by atoms with Crippen LogP contribution in [-0.4, -0.2) is 11.5 Å². The number of nitrogens with one attached hydrogen (secondary N) is 1. The predicted molar refractivity (Wildman–Crippen MR) is 71.8 cm³/mol. The molecule has 17 heavy (non-hydrogen) atoms. The highest BCUT2D eigenvalue weighted by Crippen LogP contribution is 2.28. The van der Waals surface area contributed by atoms with E-state index in [0.29, 0.717) is 6.54 Å². The zero-order valence-electron chi connectivity index (χ0n) is 9.96. The van der Waals surface area contributed by atoms with Crippen molar-refractivity contribution in [3.8, 4) is 11.3 Å². The minimum Gasteiger partial charge on any atom is -0.439 e. The highest BCUT2D eigenvalue weighted by molar-refractivity contribution is 9.10. The number of aromatic nitrogens is 1. The molecule has 0 aliphatic rings. The van der Waals surface area contributed by atoms with Gasteiger partial charge in [-0.2, -0.15) is 0 Å². The second-order valence-corrected chi connectivity index (χ2v) is 4.67. The fraction of sp³-hybridized carbons (Fsp3) is 0.308. The smallest absolute Gasteiger partial charge is 0.208 e. The first-order valence-corrected chi connectivity index (χ1v) is 6.42. The largest absolute Gasteiger partial charge is 0.439 e. The highest BCUT2D eigenvalue weighted by atomic mass is 79.9. The molecule has 0 amide bonds. The van der Waals surface area contributed by atoms with Gasteiger partial charge in [0, 0.05) is 10.0 Å². The van der Waals surface area contributed by atoms with Gasteiger partial charge in [-0.3, -0.25) is 0 Å². The molecule has 0 bridgehead atoms. The van der Waals surface area contributed by atoms with E-state index in [4.69, 9.17) is 4.42 Å². The standard InChI is InChI=1S/C13H15BrN2O/c1-3-15-8-13-16-7-12(17-13)10-5-4-6-11(14)9(10)2/h4-7,15H,3,8H2,1-2H3. The average molecular weight is 295 g/mol. The Bertz CT molecular complexity index is 508. The monoisotopic (exact) mass is 294 g/mol. The third-order valence-corrected chi connectivity index (χ3v) is 3.47. The van der Waals surface area contributed by atoms with Gasteiger partial charge in [0.15, 0.2) is 5.76 Å². The summed E-state index contributed by atoms with van der Waals surface area (Å²) < 4.78 is 6.80. The molecular weight excluding hydrogens is 280 g/mol. The van der Waals surface area contributed by atoms with E-state index >= 15 is 0 Å². The Morgan fingerprint density at radius 3 is 3.00 bits per heavy atom. The number of benzene rings is 1. The summed E-state index contributed by atoms with van der Waals surface area (Å²) in [6, 6.07) is 6.06. The maximum atomic E-state index is 5.71. The van der Waals surface area contributed by atoms with Crippen molar-refractivity contribution in [3.05, 3.63) is 40.3 Å². The zero-order valence-corrected chi connectivity index (χ0v) is 11.5. The SMILES string of the molecule is CCNCc1ncc(-c2cccc(Br)c2C)o1. The van der Waals surface area contributed by atoms with Gasteiger partial charge in [-0.1, -0.05) is 35.0 Å². The van der Waals surface area contributed by atoms with Gasteiger partial charge in [0.1, 0.15) is 0 Å². The van der Waals surface area contributed by atoms with Gasteiger partial charge in [0.05, 0.1) is 12.7 Å². The number of nitrogens with zero attached hydrogens (tertiary/aromatic N) is 1. The lowest BCUT2D eigenvalue weighted by molar-refractivity contribution is 0.482. The van der Waals surface area contributed by atoms with Gasteiger partial charge in [0.25, 0.3) is 0 Å². The predicted octanol–water partition coefficient (Wildman–Crippen LogP) is 3.52. The molecule has 0 radical (unpaired) electrons. The van der Waals surface area contributed by atoms with Crippen molar-refractivity contribution in [2.75, 3.05) is 6.54 Å². The first-order valence-electron chi connectivity index (χ1n) is 5.63. The quantitative estimate of drug-likeness (QED) is 0.937. The molecule has 2 rings (SSSR count). The summed E-state index contributed by atoms with van der Waals surface area (Å²) in [6.45, 7) is 5.70.